The summed E-state index contributed by atoms with van der Waals surface area (Å²) < 4.78 is 1.59. The molecule has 1 atom stereocenters. The molecular weight excluding hydrogens is 372 g/mol. The molecule has 1 unspecified atom stereocenters. The molecule has 1 saturated carbocycles. The van der Waals surface area contributed by atoms with Crippen LogP contribution in [0.4, 0.5) is 11.4 Å². The van der Waals surface area contributed by atoms with Gasteiger partial charge in [0.05, 0.1) is 5.69 Å². The Balaban J connectivity index is 2.20. The number of anilines is 2. The molecule has 0 heterocycles. The number of rotatable bonds is 2. The van der Waals surface area contributed by atoms with Crippen LogP contribution in [0.2, 0.25) is 0 Å². The molecule has 0 aliphatic heterocycles. The highest BCUT2D eigenvalue weighted by Crippen LogP contribution is 2.43. The van der Waals surface area contributed by atoms with Crippen molar-refractivity contribution in [3.8, 4) is 0 Å². The van der Waals surface area contributed by atoms with Crippen LogP contribution in [0.5, 0.6) is 0 Å². The van der Waals surface area contributed by atoms with Crippen molar-refractivity contribution in [1.29, 1.82) is 0 Å². The monoisotopic (exact) mass is 388 g/mol. The summed E-state index contributed by atoms with van der Waals surface area (Å²) in [5.74, 6) is 0.164. The molecule has 5 heteroatoms. The van der Waals surface area contributed by atoms with Crippen LogP contribution >= 0.6 is 31.9 Å². The normalized spacial score (nSPS) is 21.4. The van der Waals surface area contributed by atoms with Crippen LogP contribution in [-0.2, 0) is 4.79 Å². The lowest BCUT2D eigenvalue weighted by Crippen LogP contribution is -2.31. The minimum Gasteiger partial charge on any atom is -0.399 e. The van der Waals surface area contributed by atoms with E-state index in [-0.39, 0.29) is 17.2 Å². The van der Waals surface area contributed by atoms with Gasteiger partial charge in [0.1, 0.15) is 0 Å². The van der Waals surface area contributed by atoms with Gasteiger partial charge in [0.15, 0.2) is 0 Å². The van der Waals surface area contributed by atoms with Gasteiger partial charge in [0.2, 0.25) is 5.91 Å². The number of hydrogen-bond acceptors (Lipinski definition) is 2. The number of benzene rings is 1. The van der Waals surface area contributed by atoms with Gasteiger partial charge < -0.3 is 11.1 Å². The second-order valence-electron chi connectivity index (χ2n) is 5.78. The Morgan fingerprint density at radius 2 is 1.95 bits per heavy atom. The summed E-state index contributed by atoms with van der Waals surface area (Å²) in [6, 6.07) is 3.58. The van der Waals surface area contributed by atoms with Crippen LogP contribution in [0.1, 0.15) is 33.1 Å². The van der Waals surface area contributed by atoms with Crippen molar-refractivity contribution < 1.29 is 4.79 Å². The van der Waals surface area contributed by atoms with Gasteiger partial charge in [-0.3, -0.25) is 4.79 Å². The van der Waals surface area contributed by atoms with Gasteiger partial charge in [-0.25, -0.2) is 0 Å². The van der Waals surface area contributed by atoms with Crippen molar-refractivity contribution in [3.63, 3.8) is 0 Å². The van der Waals surface area contributed by atoms with E-state index in [9.17, 15) is 4.79 Å². The summed E-state index contributed by atoms with van der Waals surface area (Å²) in [6.45, 7) is 4.33. The SMILES string of the molecule is CC1(C)CCCC1C(=O)Nc1c(Br)cc(N)cc1Br. The van der Waals surface area contributed by atoms with Gasteiger partial charge in [0, 0.05) is 20.6 Å². The molecule has 0 saturated heterocycles. The van der Waals surface area contributed by atoms with Crippen molar-refractivity contribution in [2.75, 3.05) is 11.1 Å². The van der Waals surface area contributed by atoms with E-state index in [0.717, 1.165) is 33.9 Å². The quantitative estimate of drug-likeness (QED) is 0.728. The number of nitrogen functional groups attached to an aromatic ring is 1. The van der Waals surface area contributed by atoms with Crippen LogP contribution < -0.4 is 11.1 Å². The molecule has 1 aromatic carbocycles. The molecule has 3 N–H and O–H groups in total. The lowest BCUT2D eigenvalue weighted by molar-refractivity contribution is -0.122. The summed E-state index contributed by atoms with van der Waals surface area (Å²) in [5.41, 5.74) is 7.23. The summed E-state index contributed by atoms with van der Waals surface area (Å²) in [7, 11) is 0. The molecule has 3 nitrogen and oxygen atoms in total. The first-order chi connectivity index (χ1) is 8.81. The molecule has 1 fully saturated rings. The molecule has 19 heavy (non-hydrogen) atoms. The Labute approximate surface area is 130 Å². The second-order valence-corrected chi connectivity index (χ2v) is 7.49. The molecule has 104 valence electrons. The number of nitrogens with two attached hydrogens (primary N) is 1. The van der Waals surface area contributed by atoms with Crippen LogP contribution in [0, 0.1) is 11.3 Å². The van der Waals surface area contributed by atoms with E-state index in [0.29, 0.717) is 5.69 Å². The summed E-state index contributed by atoms with van der Waals surface area (Å²) in [5, 5.41) is 3.02. The molecule has 0 aromatic heterocycles. The fraction of sp³-hybridized carbons (Fsp3) is 0.500. The lowest BCUT2D eigenvalue weighted by Gasteiger charge is -2.26. The third-order valence-corrected chi connectivity index (χ3v) is 5.14. The Bertz CT molecular complexity index is 491. The zero-order valence-corrected chi connectivity index (χ0v) is 14.3. The van der Waals surface area contributed by atoms with Gasteiger partial charge >= 0.3 is 0 Å². The van der Waals surface area contributed by atoms with Gasteiger partial charge in [-0.15, -0.1) is 0 Å². The molecule has 1 amide bonds. The fourth-order valence-corrected chi connectivity index (χ4v) is 4.16. The smallest absolute Gasteiger partial charge is 0.228 e. The zero-order valence-electron chi connectivity index (χ0n) is 11.1. The van der Waals surface area contributed by atoms with Crippen LogP contribution in [-0.4, -0.2) is 5.91 Å². The van der Waals surface area contributed by atoms with Crippen molar-refractivity contribution in [1.82, 2.24) is 0 Å². The minimum atomic E-state index is 0.0730. The van der Waals surface area contributed by atoms with Gasteiger partial charge in [0.25, 0.3) is 0 Å². The Morgan fingerprint density at radius 1 is 1.37 bits per heavy atom. The van der Waals surface area contributed by atoms with Gasteiger partial charge in [-0.1, -0.05) is 20.3 Å². The molecule has 1 aliphatic rings. The molecule has 1 aliphatic carbocycles. The first kappa shape index (κ1) is 14.9. The highest BCUT2D eigenvalue weighted by atomic mass is 79.9. The molecule has 2 rings (SSSR count). The topological polar surface area (TPSA) is 55.1 Å². The maximum atomic E-state index is 12.4. The largest absolute Gasteiger partial charge is 0.399 e. The van der Waals surface area contributed by atoms with Crippen molar-refractivity contribution >= 4 is 49.1 Å². The van der Waals surface area contributed by atoms with E-state index in [1.807, 2.05) is 0 Å². The summed E-state index contributed by atoms with van der Waals surface area (Å²) in [4.78, 5) is 12.4. The minimum absolute atomic E-state index is 0.0730. The lowest BCUT2D eigenvalue weighted by atomic mass is 9.81. The van der Waals surface area contributed by atoms with Gasteiger partial charge in [-0.2, -0.15) is 0 Å². The van der Waals surface area contributed by atoms with E-state index >= 15 is 0 Å². The average molecular weight is 390 g/mol. The number of nitrogens with one attached hydrogen (secondary N) is 1. The molecule has 0 radical (unpaired) electrons. The molecule has 0 bridgehead atoms. The number of halogens is 2. The van der Waals surface area contributed by atoms with Crippen molar-refractivity contribution in [2.24, 2.45) is 11.3 Å². The fourth-order valence-electron chi connectivity index (χ4n) is 2.74. The van der Waals surface area contributed by atoms with Crippen LogP contribution in [0.3, 0.4) is 0 Å². The number of hydrogen-bond donors (Lipinski definition) is 2. The number of carbonyl (C=O) groups is 1. The van der Waals surface area contributed by atoms with Crippen molar-refractivity contribution in [3.05, 3.63) is 21.1 Å². The molecular formula is C14H18Br2N2O. The zero-order chi connectivity index (χ0) is 14.2. The maximum absolute atomic E-state index is 12.4. The molecule has 0 spiro atoms. The van der Waals surface area contributed by atoms with E-state index < -0.39 is 0 Å². The third kappa shape index (κ3) is 3.14. The first-order valence-corrected chi connectivity index (χ1v) is 7.95. The Kier molecular flexibility index (Phi) is 4.26. The van der Waals surface area contributed by atoms with Crippen LogP contribution in [0.25, 0.3) is 0 Å². The van der Waals surface area contributed by atoms with Crippen LogP contribution in [0.15, 0.2) is 21.1 Å². The highest BCUT2D eigenvalue weighted by molar-refractivity contribution is 9.11. The first-order valence-electron chi connectivity index (χ1n) is 6.36. The van der Waals surface area contributed by atoms with E-state index in [2.05, 4.69) is 51.0 Å². The Hall–Kier alpha value is -0.550. The predicted octanol–water partition coefficient (Wildman–Crippen LogP) is 4.56. The summed E-state index contributed by atoms with van der Waals surface area (Å²) in [6.07, 6.45) is 3.19. The number of carbonyl (C=O) groups excluding carboxylic acids is 1. The summed E-state index contributed by atoms with van der Waals surface area (Å²) >= 11 is 6.88. The van der Waals surface area contributed by atoms with E-state index in [1.54, 1.807) is 12.1 Å². The standard InChI is InChI=1S/C14H18Br2N2O/c1-14(2)5-3-4-9(14)13(19)18-12-10(15)6-8(17)7-11(12)16/h6-7,9H,3-5,17H2,1-2H3,(H,18,19). The maximum Gasteiger partial charge on any atom is 0.228 e. The predicted molar refractivity (Wildman–Crippen MR) is 86.0 cm³/mol. The highest BCUT2D eigenvalue weighted by Gasteiger charge is 2.39. The molecule has 1 aromatic rings. The second kappa shape index (κ2) is 5.44. The van der Waals surface area contributed by atoms with Crippen molar-refractivity contribution in [2.45, 2.75) is 33.1 Å². The Morgan fingerprint density at radius 3 is 2.42 bits per heavy atom. The average Bonchev–Trinajstić information content (AvgIpc) is 2.63. The van der Waals surface area contributed by atoms with E-state index in [4.69, 9.17) is 5.73 Å². The third-order valence-electron chi connectivity index (χ3n) is 3.89. The van der Waals surface area contributed by atoms with E-state index in [1.165, 1.54) is 0 Å². The number of amides is 1. The van der Waals surface area contributed by atoms with Gasteiger partial charge in [-0.05, 0) is 62.2 Å².